The van der Waals surface area contributed by atoms with Crippen molar-refractivity contribution in [2.75, 3.05) is 0 Å². The van der Waals surface area contributed by atoms with E-state index in [0.29, 0.717) is 5.02 Å². The Kier molecular flexibility index (Phi) is 4.29. The van der Waals surface area contributed by atoms with E-state index in [0.717, 1.165) is 27.3 Å². The number of nitrogens with zero attached hydrogens (tertiary/aromatic N) is 1. The maximum Gasteiger partial charge on any atom is 0.271 e. The fourth-order valence-corrected chi connectivity index (χ4v) is 6.59. The average molecular weight is 477 g/mol. The number of carbonyl (C=O) groups is 3. The summed E-state index contributed by atoms with van der Waals surface area (Å²) in [7, 11) is 0. The molecule has 2 atom stereocenters. The highest BCUT2D eigenvalue weighted by molar-refractivity contribution is 6.36. The molecule has 0 saturated carbocycles. The molecule has 7 rings (SSSR count). The van der Waals surface area contributed by atoms with Gasteiger partial charge in [0.05, 0.1) is 22.4 Å². The second-order valence-corrected chi connectivity index (χ2v) is 9.78. The molecule has 1 heterocycles. The van der Waals surface area contributed by atoms with E-state index in [4.69, 9.17) is 23.2 Å². The van der Waals surface area contributed by atoms with E-state index < -0.39 is 35.0 Å². The highest BCUT2D eigenvalue weighted by atomic mass is 35.5. The zero-order valence-corrected chi connectivity index (χ0v) is 19.0. The summed E-state index contributed by atoms with van der Waals surface area (Å²) in [6.07, 6.45) is 0. The van der Waals surface area contributed by atoms with Gasteiger partial charge < -0.3 is 0 Å². The lowest BCUT2D eigenvalue weighted by Gasteiger charge is -2.52. The normalized spacial score (nSPS) is 26.6. The van der Waals surface area contributed by atoms with Crippen molar-refractivity contribution in [1.82, 2.24) is 10.4 Å². The summed E-state index contributed by atoms with van der Waals surface area (Å²) >= 11 is 12.1. The Morgan fingerprint density at radius 1 is 0.909 bits per heavy atom. The van der Waals surface area contributed by atoms with Crippen LogP contribution in [0.4, 0.5) is 0 Å². The second-order valence-electron chi connectivity index (χ2n) is 8.93. The molecule has 2 bridgehead atoms. The quantitative estimate of drug-likeness (QED) is 0.544. The topological polar surface area (TPSA) is 66.5 Å². The molecule has 4 aliphatic rings. The third-order valence-electron chi connectivity index (χ3n) is 7.43. The van der Waals surface area contributed by atoms with Crippen LogP contribution in [-0.4, -0.2) is 22.7 Å². The second kappa shape index (κ2) is 6.92. The number of nitrogens with one attached hydrogen (secondary N) is 1. The predicted octanol–water partition coefficient (Wildman–Crippen LogP) is 4.70. The molecule has 0 aromatic heterocycles. The molecule has 0 radical (unpaired) electrons. The molecule has 1 aliphatic heterocycles. The molecule has 33 heavy (non-hydrogen) atoms. The van der Waals surface area contributed by atoms with Crippen molar-refractivity contribution in [3.63, 3.8) is 0 Å². The molecular weight excluding hydrogens is 459 g/mol. The Morgan fingerprint density at radius 3 is 2.12 bits per heavy atom. The zero-order chi connectivity index (χ0) is 23.1. The van der Waals surface area contributed by atoms with Crippen LogP contribution in [-0.2, 0) is 15.0 Å². The van der Waals surface area contributed by atoms with Crippen molar-refractivity contribution in [3.8, 4) is 0 Å². The zero-order valence-electron chi connectivity index (χ0n) is 17.5. The van der Waals surface area contributed by atoms with Crippen LogP contribution < -0.4 is 5.43 Å². The lowest BCUT2D eigenvalue weighted by molar-refractivity contribution is -0.143. The van der Waals surface area contributed by atoms with E-state index in [1.165, 1.54) is 18.2 Å². The lowest BCUT2D eigenvalue weighted by atomic mass is 9.48. The Labute approximate surface area is 200 Å². The first-order valence-corrected chi connectivity index (χ1v) is 11.4. The molecule has 3 aliphatic carbocycles. The van der Waals surface area contributed by atoms with Gasteiger partial charge in [0.2, 0.25) is 0 Å². The maximum atomic E-state index is 13.7. The lowest BCUT2D eigenvalue weighted by Crippen LogP contribution is -2.52. The minimum absolute atomic E-state index is 0.136. The Morgan fingerprint density at radius 2 is 1.52 bits per heavy atom. The number of halogens is 2. The SMILES string of the molecule is CC12c3ccccc3C(c3ccccc31)[C@@H]1C(=O)N(NC(=O)c3ccc(Cl)cc3Cl)C(=O)[C@@H]12. The summed E-state index contributed by atoms with van der Waals surface area (Å²) in [5.41, 5.74) is 6.22. The number of hydrogen-bond donors (Lipinski definition) is 1. The molecule has 3 aromatic carbocycles. The Bertz CT molecular complexity index is 1340. The molecule has 1 fully saturated rings. The first kappa shape index (κ1) is 20.5. The Balaban J connectivity index is 1.45. The maximum absolute atomic E-state index is 13.7. The van der Waals surface area contributed by atoms with Gasteiger partial charge in [-0.15, -0.1) is 0 Å². The van der Waals surface area contributed by atoms with Gasteiger partial charge in [-0.1, -0.05) is 78.7 Å². The molecule has 0 spiro atoms. The number of hydrazine groups is 1. The van der Waals surface area contributed by atoms with E-state index in [1.54, 1.807) is 0 Å². The number of benzene rings is 3. The molecule has 1 N–H and O–H groups in total. The highest BCUT2D eigenvalue weighted by Gasteiger charge is 2.66. The Hall–Kier alpha value is -3.15. The number of hydrogen-bond acceptors (Lipinski definition) is 3. The van der Waals surface area contributed by atoms with Crippen LogP contribution in [0.3, 0.4) is 0 Å². The number of amides is 3. The van der Waals surface area contributed by atoms with E-state index >= 15 is 0 Å². The smallest absolute Gasteiger partial charge is 0.271 e. The third kappa shape index (κ3) is 2.58. The van der Waals surface area contributed by atoms with Gasteiger partial charge in [-0.3, -0.25) is 19.8 Å². The largest absolute Gasteiger partial charge is 0.272 e. The highest BCUT2D eigenvalue weighted by Crippen LogP contribution is 2.63. The molecule has 1 saturated heterocycles. The number of imide groups is 1. The molecule has 3 amide bonds. The molecule has 164 valence electrons. The summed E-state index contributed by atoms with van der Waals surface area (Å²) in [6, 6.07) is 20.5. The first-order chi connectivity index (χ1) is 15.8. The van der Waals surface area contributed by atoms with E-state index in [2.05, 4.69) is 5.43 Å². The van der Waals surface area contributed by atoms with Crippen LogP contribution in [0, 0.1) is 11.8 Å². The fraction of sp³-hybridized carbons (Fsp3) is 0.192. The molecule has 3 aromatic rings. The molecule has 5 nitrogen and oxygen atoms in total. The van der Waals surface area contributed by atoms with Gasteiger partial charge in [-0.2, -0.15) is 5.01 Å². The van der Waals surface area contributed by atoms with Crippen LogP contribution in [0.1, 0.15) is 45.5 Å². The summed E-state index contributed by atoms with van der Waals surface area (Å²) in [5, 5.41) is 1.42. The van der Waals surface area contributed by atoms with Crippen LogP contribution in [0.2, 0.25) is 10.0 Å². The van der Waals surface area contributed by atoms with Gasteiger partial charge in [0, 0.05) is 16.4 Å². The van der Waals surface area contributed by atoms with Gasteiger partial charge in [0.1, 0.15) is 0 Å². The van der Waals surface area contributed by atoms with Gasteiger partial charge in [0.25, 0.3) is 17.7 Å². The van der Waals surface area contributed by atoms with E-state index in [9.17, 15) is 14.4 Å². The summed E-state index contributed by atoms with van der Waals surface area (Å²) in [6.45, 7) is 2.03. The monoisotopic (exact) mass is 476 g/mol. The standard InChI is InChI=1S/C26H18Cl2N2O3/c1-26-17-8-4-2-6-14(17)20(15-7-3-5-9-18(15)26)21-22(26)25(33)30(24(21)32)29-23(31)16-11-10-13(27)12-19(16)28/h2-12,20-22H,1H3,(H,29,31)/t20?,21-,22+,26?/m0/s1. The van der Waals surface area contributed by atoms with Crippen LogP contribution in [0.5, 0.6) is 0 Å². The van der Waals surface area contributed by atoms with Crippen LogP contribution in [0.15, 0.2) is 66.7 Å². The van der Waals surface area contributed by atoms with Crippen molar-refractivity contribution >= 4 is 40.9 Å². The predicted molar refractivity (Wildman–Crippen MR) is 124 cm³/mol. The van der Waals surface area contributed by atoms with Crippen molar-refractivity contribution in [2.45, 2.75) is 18.3 Å². The van der Waals surface area contributed by atoms with Gasteiger partial charge in [-0.05, 0) is 40.5 Å². The minimum atomic E-state index is -0.684. The van der Waals surface area contributed by atoms with Crippen LogP contribution >= 0.6 is 23.2 Å². The first-order valence-electron chi connectivity index (χ1n) is 10.7. The van der Waals surface area contributed by atoms with Crippen molar-refractivity contribution in [2.24, 2.45) is 11.8 Å². The summed E-state index contributed by atoms with van der Waals surface area (Å²) < 4.78 is 0. The van der Waals surface area contributed by atoms with E-state index in [-0.39, 0.29) is 16.5 Å². The number of rotatable bonds is 2. The fourth-order valence-electron chi connectivity index (χ4n) is 6.10. The van der Waals surface area contributed by atoms with Gasteiger partial charge in [0.15, 0.2) is 0 Å². The average Bonchev–Trinajstić information content (AvgIpc) is 3.05. The summed E-state index contributed by atoms with van der Waals surface area (Å²) in [4.78, 5) is 40.3. The van der Waals surface area contributed by atoms with E-state index in [1.807, 2.05) is 55.5 Å². The molecule has 0 unspecified atom stereocenters. The third-order valence-corrected chi connectivity index (χ3v) is 7.98. The van der Waals surface area contributed by atoms with Crippen molar-refractivity contribution < 1.29 is 14.4 Å². The summed E-state index contributed by atoms with van der Waals surface area (Å²) in [5.74, 6) is -2.89. The number of carbonyl (C=O) groups excluding carboxylic acids is 3. The van der Waals surface area contributed by atoms with Crippen LogP contribution in [0.25, 0.3) is 0 Å². The molecular formula is C26H18Cl2N2O3. The molecule has 7 heteroatoms. The van der Waals surface area contributed by atoms with Crippen molar-refractivity contribution in [3.05, 3.63) is 105 Å². The van der Waals surface area contributed by atoms with Gasteiger partial charge >= 0.3 is 0 Å². The minimum Gasteiger partial charge on any atom is -0.272 e. The van der Waals surface area contributed by atoms with Gasteiger partial charge in [-0.25, -0.2) is 0 Å². The van der Waals surface area contributed by atoms with Crippen molar-refractivity contribution in [1.29, 1.82) is 0 Å².